The van der Waals surface area contributed by atoms with Crippen molar-refractivity contribution < 1.29 is 19.1 Å². The number of nitrogens with one attached hydrogen (secondary N) is 1. The number of furan rings is 1. The van der Waals surface area contributed by atoms with Crippen LogP contribution in [0.1, 0.15) is 22.5 Å². The quantitative estimate of drug-likeness (QED) is 0.747. The number of hydrogen-bond acceptors (Lipinski definition) is 3. The van der Waals surface area contributed by atoms with Gasteiger partial charge in [-0.1, -0.05) is 0 Å². The van der Waals surface area contributed by atoms with E-state index in [9.17, 15) is 9.59 Å². The Kier molecular flexibility index (Phi) is 3.28. The molecule has 0 spiro atoms. The van der Waals surface area contributed by atoms with Crippen molar-refractivity contribution in [3.8, 4) is 0 Å². The van der Waals surface area contributed by atoms with Gasteiger partial charge in [-0.3, -0.25) is 9.59 Å². The fourth-order valence-corrected chi connectivity index (χ4v) is 0.920. The second-order valence-electron chi connectivity index (χ2n) is 2.89. The van der Waals surface area contributed by atoms with E-state index in [4.69, 9.17) is 9.52 Å². The van der Waals surface area contributed by atoms with Gasteiger partial charge in [0.15, 0.2) is 5.76 Å². The number of carbonyl (C=O) groups excluding carboxylic acids is 1. The minimum absolute atomic E-state index is 0.0918. The van der Waals surface area contributed by atoms with Crippen molar-refractivity contribution in [2.24, 2.45) is 0 Å². The molecular weight excluding hydrogens is 186 g/mol. The number of carboxylic acids is 1. The summed E-state index contributed by atoms with van der Waals surface area (Å²) in [7, 11) is 0. The maximum Gasteiger partial charge on any atom is 0.305 e. The number of rotatable bonds is 4. The summed E-state index contributed by atoms with van der Waals surface area (Å²) in [5.41, 5.74) is 0.855. The van der Waals surface area contributed by atoms with Crippen molar-refractivity contribution >= 4 is 11.9 Å². The first-order valence-corrected chi connectivity index (χ1v) is 4.14. The monoisotopic (exact) mass is 197 g/mol. The Morgan fingerprint density at radius 3 is 2.79 bits per heavy atom. The lowest BCUT2D eigenvalue weighted by atomic mass is 10.3. The smallest absolute Gasteiger partial charge is 0.305 e. The van der Waals surface area contributed by atoms with Gasteiger partial charge in [-0.25, -0.2) is 0 Å². The molecule has 1 aromatic heterocycles. The lowest BCUT2D eigenvalue weighted by molar-refractivity contribution is -0.136. The van der Waals surface area contributed by atoms with Crippen LogP contribution < -0.4 is 5.32 Å². The van der Waals surface area contributed by atoms with Gasteiger partial charge in [0.2, 0.25) is 0 Å². The van der Waals surface area contributed by atoms with Crippen LogP contribution >= 0.6 is 0 Å². The summed E-state index contributed by atoms with van der Waals surface area (Å²) in [6.07, 6.45) is 1.37. The van der Waals surface area contributed by atoms with E-state index in [-0.39, 0.29) is 24.6 Å². The van der Waals surface area contributed by atoms with E-state index in [1.807, 2.05) is 0 Å². The van der Waals surface area contributed by atoms with Gasteiger partial charge in [0.25, 0.3) is 5.91 Å². The van der Waals surface area contributed by atoms with Crippen LogP contribution in [-0.4, -0.2) is 23.5 Å². The summed E-state index contributed by atoms with van der Waals surface area (Å²) in [5, 5.41) is 10.8. The third-order valence-corrected chi connectivity index (χ3v) is 1.58. The average Bonchev–Trinajstić information content (AvgIpc) is 2.51. The Morgan fingerprint density at radius 1 is 1.57 bits per heavy atom. The number of carbonyl (C=O) groups is 2. The molecule has 5 heteroatoms. The Balaban J connectivity index is 2.39. The van der Waals surface area contributed by atoms with E-state index in [2.05, 4.69) is 5.32 Å². The highest BCUT2D eigenvalue weighted by Gasteiger charge is 2.09. The van der Waals surface area contributed by atoms with Crippen LogP contribution in [0.5, 0.6) is 0 Å². The summed E-state index contributed by atoms with van der Waals surface area (Å²) in [4.78, 5) is 21.4. The zero-order valence-electron chi connectivity index (χ0n) is 7.74. The molecule has 1 aromatic rings. The standard InChI is InChI=1S/C9H11NO4/c1-6-4-7(14-5-6)9(13)10-3-2-8(11)12/h4-5H,2-3H2,1H3,(H,10,13)(H,11,12). The molecule has 1 heterocycles. The molecule has 5 nitrogen and oxygen atoms in total. The SMILES string of the molecule is Cc1coc(C(=O)NCCC(=O)O)c1. The van der Waals surface area contributed by atoms with Crippen LogP contribution in [-0.2, 0) is 4.79 Å². The van der Waals surface area contributed by atoms with Crippen LogP contribution in [0.25, 0.3) is 0 Å². The Hall–Kier alpha value is -1.78. The predicted octanol–water partition coefficient (Wildman–Crippen LogP) is 0.793. The highest BCUT2D eigenvalue weighted by Crippen LogP contribution is 2.05. The van der Waals surface area contributed by atoms with Crippen molar-refractivity contribution in [1.82, 2.24) is 5.32 Å². The highest BCUT2D eigenvalue weighted by atomic mass is 16.4. The van der Waals surface area contributed by atoms with E-state index in [0.29, 0.717) is 0 Å². The minimum atomic E-state index is -0.944. The van der Waals surface area contributed by atoms with Crippen molar-refractivity contribution in [3.05, 3.63) is 23.7 Å². The van der Waals surface area contributed by atoms with Crippen molar-refractivity contribution in [2.75, 3.05) is 6.54 Å². The molecule has 0 saturated carbocycles. The van der Waals surface area contributed by atoms with Crippen molar-refractivity contribution in [3.63, 3.8) is 0 Å². The average molecular weight is 197 g/mol. The largest absolute Gasteiger partial charge is 0.481 e. The molecule has 14 heavy (non-hydrogen) atoms. The molecule has 0 radical (unpaired) electrons. The minimum Gasteiger partial charge on any atom is -0.481 e. The molecule has 0 unspecified atom stereocenters. The Bertz CT molecular complexity index is 342. The van der Waals surface area contributed by atoms with Gasteiger partial charge in [0.05, 0.1) is 12.7 Å². The number of amides is 1. The van der Waals surface area contributed by atoms with Crippen LogP contribution in [0, 0.1) is 6.92 Å². The lowest BCUT2D eigenvalue weighted by Crippen LogP contribution is -2.25. The summed E-state index contributed by atoms with van der Waals surface area (Å²) in [6, 6.07) is 1.59. The van der Waals surface area contributed by atoms with Gasteiger partial charge in [-0.15, -0.1) is 0 Å². The fourth-order valence-electron chi connectivity index (χ4n) is 0.920. The van der Waals surface area contributed by atoms with E-state index in [1.54, 1.807) is 13.0 Å². The number of aryl methyl sites for hydroxylation is 1. The van der Waals surface area contributed by atoms with Crippen LogP contribution in [0.3, 0.4) is 0 Å². The molecule has 0 fully saturated rings. The molecule has 0 saturated heterocycles. The zero-order valence-corrected chi connectivity index (χ0v) is 7.74. The zero-order chi connectivity index (χ0) is 10.6. The topological polar surface area (TPSA) is 79.5 Å². The summed E-state index contributed by atoms with van der Waals surface area (Å²) >= 11 is 0. The highest BCUT2D eigenvalue weighted by molar-refractivity contribution is 5.91. The van der Waals surface area contributed by atoms with Crippen LogP contribution in [0.15, 0.2) is 16.7 Å². The maximum atomic E-state index is 11.2. The number of hydrogen-bond donors (Lipinski definition) is 2. The van der Waals surface area contributed by atoms with E-state index in [0.717, 1.165) is 5.56 Å². The molecular formula is C9H11NO4. The molecule has 1 amide bonds. The Labute approximate surface area is 80.7 Å². The number of aliphatic carboxylic acids is 1. The molecule has 1 rings (SSSR count). The van der Waals surface area contributed by atoms with Crippen molar-refractivity contribution in [1.29, 1.82) is 0 Å². The second kappa shape index (κ2) is 4.45. The summed E-state index contributed by atoms with van der Waals surface area (Å²) in [6.45, 7) is 1.91. The molecule has 0 atom stereocenters. The second-order valence-corrected chi connectivity index (χ2v) is 2.89. The van der Waals surface area contributed by atoms with Gasteiger partial charge < -0.3 is 14.8 Å². The van der Waals surface area contributed by atoms with Gasteiger partial charge in [-0.05, 0) is 18.6 Å². The molecule has 0 aromatic carbocycles. The molecule has 0 bridgehead atoms. The summed E-state index contributed by atoms with van der Waals surface area (Å²) in [5.74, 6) is -1.13. The van der Waals surface area contributed by atoms with Crippen molar-refractivity contribution in [2.45, 2.75) is 13.3 Å². The normalized spacial score (nSPS) is 9.79. The van der Waals surface area contributed by atoms with E-state index in [1.165, 1.54) is 6.26 Å². The predicted molar refractivity (Wildman–Crippen MR) is 48.0 cm³/mol. The molecule has 0 aliphatic carbocycles. The molecule has 2 N–H and O–H groups in total. The first-order valence-electron chi connectivity index (χ1n) is 4.14. The lowest BCUT2D eigenvalue weighted by Gasteiger charge is -1.99. The van der Waals surface area contributed by atoms with E-state index >= 15 is 0 Å². The molecule has 76 valence electrons. The van der Waals surface area contributed by atoms with Gasteiger partial charge in [-0.2, -0.15) is 0 Å². The molecule has 0 aliphatic heterocycles. The first-order chi connectivity index (χ1) is 6.59. The summed E-state index contributed by atoms with van der Waals surface area (Å²) < 4.78 is 4.92. The van der Waals surface area contributed by atoms with Gasteiger partial charge >= 0.3 is 5.97 Å². The first kappa shape index (κ1) is 10.3. The molecule has 0 aliphatic rings. The maximum absolute atomic E-state index is 11.2. The fraction of sp³-hybridized carbons (Fsp3) is 0.333. The number of carboxylic acid groups (broad SMARTS) is 1. The van der Waals surface area contributed by atoms with Gasteiger partial charge in [0.1, 0.15) is 0 Å². The van der Waals surface area contributed by atoms with Crippen LogP contribution in [0.2, 0.25) is 0 Å². The van der Waals surface area contributed by atoms with E-state index < -0.39 is 5.97 Å². The third-order valence-electron chi connectivity index (χ3n) is 1.58. The van der Waals surface area contributed by atoms with Crippen LogP contribution in [0.4, 0.5) is 0 Å². The Morgan fingerprint density at radius 2 is 2.29 bits per heavy atom. The van der Waals surface area contributed by atoms with Gasteiger partial charge in [0, 0.05) is 6.54 Å². The third kappa shape index (κ3) is 2.93.